The van der Waals surface area contributed by atoms with Crippen LogP contribution in [0.1, 0.15) is 42.1 Å². The molecule has 0 bridgehead atoms. The largest absolute Gasteiger partial charge is 0.494 e. The zero-order valence-corrected chi connectivity index (χ0v) is 16.1. The standard InChI is InChI=1S/C23H25NO4/c1-2-27-20-9-5-3-7-17(20)11-12-22(26)24-14-13-23(16-24)15-19(25)18-8-4-6-10-21(18)28-23/h3-10H,2,11-16H2,1H3. The minimum Gasteiger partial charge on any atom is -0.494 e. The van der Waals surface area contributed by atoms with Gasteiger partial charge in [0.25, 0.3) is 0 Å². The number of benzene rings is 2. The fraction of sp³-hybridized carbons (Fsp3) is 0.391. The Labute approximate surface area is 165 Å². The second kappa shape index (κ2) is 7.66. The van der Waals surface area contributed by atoms with Crippen LogP contribution in [0, 0.1) is 0 Å². The molecule has 146 valence electrons. The maximum atomic E-state index is 12.8. The number of fused-ring (bicyclic) bond motifs is 1. The summed E-state index contributed by atoms with van der Waals surface area (Å²) >= 11 is 0. The maximum absolute atomic E-state index is 12.8. The molecule has 2 aromatic rings. The highest BCUT2D eigenvalue weighted by molar-refractivity contribution is 6.00. The molecule has 1 atom stereocenters. The summed E-state index contributed by atoms with van der Waals surface area (Å²) in [7, 11) is 0. The molecule has 0 N–H and O–H groups in total. The van der Waals surface area contributed by atoms with Crippen molar-refractivity contribution < 1.29 is 19.1 Å². The van der Waals surface area contributed by atoms with Crippen LogP contribution in [0.4, 0.5) is 0 Å². The summed E-state index contributed by atoms with van der Waals surface area (Å²) in [5.41, 5.74) is 1.11. The molecular weight excluding hydrogens is 354 g/mol. The number of para-hydroxylation sites is 2. The van der Waals surface area contributed by atoms with Crippen molar-refractivity contribution in [3.63, 3.8) is 0 Å². The molecule has 0 radical (unpaired) electrons. The van der Waals surface area contributed by atoms with Crippen LogP contribution in [0.15, 0.2) is 48.5 Å². The van der Waals surface area contributed by atoms with Crippen molar-refractivity contribution in [2.75, 3.05) is 19.7 Å². The number of aryl methyl sites for hydroxylation is 1. The van der Waals surface area contributed by atoms with Crippen LogP contribution in [-0.2, 0) is 11.2 Å². The molecule has 1 unspecified atom stereocenters. The third-order valence-electron chi connectivity index (χ3n) is 5.55. The van der Waals surface area contributed by atoms with Gasteiger partial charge in [-0.1, -0.05) is 30.3 Å². The summed E-state index contributed by atoms with van der Waals surface area (Å²) in [4.78, 5) is 27.2. The first-order valence-corrected chi connectivity index (χ1v) is 9.90. The molecule has 2 aliphatic rings. The van der Waals surface area contributed by atoms with E-state index in [1.165, 1.54) is 0 Å². The predicted octanol–water partition coefficient (Wildman–Crippen LogP) is 3.65. The van der Waals surface area contributed by atoms with E-state index in [-0.39, 0.29) is 11.7 Å². The first-order valence-electron chi connectivity index (χ1n) is 9.90. The fourth-order valence-corrected chi connectivity index (χ4v) is 4.13. The van der Waals surface area contributed by atoms with Crippen molar-refractivity contribution in [3.05, 3.63) is 59.7 Å². The number of rotatable bonds is 5. The Hall–Kier alpha value is -2.82. The van der Waals surface area contributed by atoms with Crippen molar-refractivity contribution in [3.8, 4) is 11.5 Å². The van der Waals surface area contributed by atoms with Gasteiger partial charge in [0, 0.05) is 19.4 Å². The summed E-state index contributed by atoms with van der Waals surface area (Å²) < 4.78 is 11.9. The van der Waals surface area contributed by atoms with Gasteiger partial charge in [0.2, 0.25) is 5.91 Å². The molecular formula is C23H25NO4. The lowest BCUT2D eigenvalue weighted by Gasteiger charge is -2.34. The minimum atomic E-state index is -0.579. The average molecular weight is 379 g/mol. The number of likely N-dealkylation sites (tertiary alicyclic amines) is 1. The minimum absolute atomic E-state index is 0.0954. The molecule has 0 aliphatic carbocycles. The van der Waals surface area contributed by atoms with Crippen molar-refractivity contribution in [1.29, 1.82) is 0 Å². The molecule has 5 nitrogen and oxygen atoms in total. The molecule has 4 rings (SSSR count). The number of hydrogen-bond donors (Lipinski definition) is 0. The van der Waals surface area contributed by atoms with E-state index in [2.05, 4.69) is 0 Å². The number of hydrogen-bond acceptors (Lipinski definition) is 4. The maximum Gasteiger partial charge on any atom is 0.223 e. The summed E-state index contributed by atoms with van der Waals surface area (Å²) in [6.45, 7) is 3.65. The van der Waals surface area contributed by atoms with Gasteiger partial charge in [-0.25, -0.2) is 0 Å². The molecule has 0 saturated carbocycles. The summed E-state index contributed by atoms with van der Waals surface area (Å²) in [6.07, 6.45) is 2.08. The number of carbonyl (C=O) groups excluding carboxylic acids is 2. The number of nitrogens with zero attached hydrogens (tertiary/aromatic N) is 1. The zero-order valence-electron chi connectivity index (χ0n) is 16.1. The van der Waals surface area contributed by atoms with Gasteiger partial charge in [0.1, 0.15) is 17.1 Å². The fourth-order valence-electron chi connectivity index (χ4n) is 4.13. The number of Topliss-reactive ketones (excluding diaryl/α,β-unsaturated/α-hetero) is 1. The molecule has 1 fully saturated rings. The normalized spacial score (nSPS) is 20.8. The Bertz CT molecular complexity index is 894. The van der Waals surface area contributed by atoms with E-state index < -0.39 is 5.60 Å². The lowest BCUT2D eigenvalue weighted by atomic mass is 9.89. The lowest BCUT2D eigenvalue weighted by molar-refractivity contribution is -0.130. The van der Waals surface area contributed by atoms with Crippen LogP contribution in [0.25, 0.3) is 0 Å². The lowest BCUT2D eigenvalue weighted by Crippen LogP contribution is -2.45. The van der Waals surface area contributed by atoms with Gasteiger partial charge in [0.05, 0.1) is 25.1 Å². The van der Waals surface area contributed by atoms with E-state index in [1.54, 1.807) is 6.07 Å². The highest BCUT2D eigenvalue weighted by Crippen LogP contribution is 2.38. The first-order chi connectivity index (χ1) is 13.6. The van der Waals surface area contributed by atoms with Gasteiger partial charge in [-0.05, 0) is 37.1 Å². The molecule has 1 saturated heterocycles. The molecule has 5 heteroatoms. The SMILES string of the molecule is CCOc1ccccc1CCC(=O)N1CCC2(CC(=O)c3ccccc3O2)C1. The highest BCUT2D eigenvalue weighted by atomic mass is 16.5. The van der Waals surface area contributed by atoms with Gasteiger partial charge >= 0.3 is 0 Å². The van der Waals surface area contributed by atoms with E-state index >= 15 is 0 Å². The number of ketones is 1. The van der Waals surface area contributed by atoms with E-state index in [4.69, 9.17) is 9.47 Å². The predicted molar refractivity (Wildman–Crippen MR) is 106 cm³/mol. The summed E-state index contributed by atoms with van der Waals surface area (Å²) in [5, 5.41) is 0. The molecule has 2 aromatic carbocycles. The van der Waals surface area contributed by atoms with Crippen LogP contribution >= 0.6 is 0 Å². The van der Waals surface area contributed by atoms with Crippen LogP contribution in [0.2, 0.25) is 0 Å². The Morgan fingerprint density at radius 1 is 1.18 bits per heavy atom. The van der Waals surface area contributed by atoms with Crippen molar-refractivity contribution in [2.45, 2.75) is 38.2 Å². The van der Waals surface area contributed by atoms with Gasteiger partial charge < -0.3 is 14.4 Å². The van der Waals surface area contributed by atoms with Crippen LogP contribution in [-0.4, -0.2) is 41.9 Å². The topological polar surface area (TPSA) is 55.8 Å². The molecule has 28 heavy (non-hydrogen) atoms. The molecule has 2 heterocycles. The summed E-state index contributed by atoms with van der Waals surface area (Å²) in [6, 6.07) is 15.2. The second-order valence-corrected chi connectivity index (χ2v) is 7.49. The Kier molecular flexibility index (Phi) is 5.07. The second-order valence-electron chi connectivity index (χ2n) is 7.49. The first kappa shape index (κ1) is 18.5. The molecule has 1 spiro atoms. The van der Waals surface area contributed by atoms with E-state index in [0.717, 1.165) is 11.3 Å². The van der Waals surface area contributed by atoms with Gasteiger partial charge in [-0.3, -0.25) is 9.59 Å². The number of amides is 1. The van der Waals surface area contributed by atoms with Crippen LogP contribution in [0.5, 0.6) is 11.5 Å². The van der Waals surface area contributed by atoms with Gasteiger partial charge in [-0.2, -0.15) is 0 Å². The number of carbonyl (C=O) groups is 2. The Morgan fingerprint density at radius 3 is 2.82 bits per heavy atom. The van der Waals surface area contributed by atoms with E-state index in [9.17, 15) is 9.59 Å². The third-order valence-corrected chi connectivity index (χ3v) is 5.55. The zero-order chi connectivity index (χ0) is 19.6. The smallest absolute Gasteiger partial charge is 0.223 e. The number of ether oxygens (including phenoxy) is 2. The van der Waals surface area contributed by atoms with Crippen molar-refractivity contribution in [2.24, 2.45) is 0 Å². The molecule has 0 aromatic heterocycles. The van der Waals surface area contributed by atoms with Crippen molar-refractivity contribution >= 4 is 11.7 Å². The quantitative estimate of drug-likeness (QED) is 0.796. The third kappa shape index (κ3) is 3.61. The van der Waals surface area contributed by atoms with Crippen LogP contribution < -0.4 is 9.47 Å². The Balaban J connectivity index is 1.40. The van der Waals surface area contributed by atoms with E-state index in [1.807, 2.05) is 54.3 Å². The molecule has 2 aliphatic heterocycles. The van der Waals surface area contributed by atoms with Crippen molar-refractivity contribution in [1.82, 2.24) is 4.90 Å². The summed E-state index contributed by atoms with van der Waals surface area (Å²) in [5.74, 6) is 1.67. The van der Waals surface area contributed by atoms with Crippen LogP contribution in [0.3, 0.4) is 0 Å². The van der Waals surface area contributed by atoms with Gasteiger partial charge in [-0.15, -0.1) is 0 Å². The highest BCUT2D eigenvalue weighted by Gasteiger charge is 2.46. The monoisotopic (exact) mass is 379 g/mol. The van der Waals surface area contributed by atoms with Gasteiger partial charge in [0.15, 0.2) is 5.78 Å². The van der Waals surface area contributed by atoms with E-state index in [0.29, 0.717) is 56.7 Å². The average Bonchev–Trinajstić information content (AvgIpc) is 3.10. The Morgan fingerprint density at radius 2 is 1.96 bits per heavy atom. The molecule has 1 amide bonds.